The van der Waals surface area contributed by atoms with Gasteiger partial charge in [0.15, 0.2) is 0 Å². The molecule has 1 amide bonds. The molecule has 0 aliphatic heterocycles. The molecule has 2 nitrogen and oxygen atoms in total. The van der Waals surface area contributed by atoms with Crippen molar-refractivity contribution in [2.75, 3.05) is 5.32 Å². The fraction of sp³-hybridized carbons (Fsp3) is 0.261. The Hall–Kier alpha value is -2.46. The summed E-state index contributed by atoms with van der Waals surface area (Å²) in [6.45, 7) is 4.26. The van der Waals surface area contributed by atoms with E-state index in [9.17, 15) is 9.18 Å². The van der Waals surface area contributed by atoms with Crippen molar-refractivity contribution >= 4 is 22.9 Å². The lowest BCUT2D eigenvalue weighted by Gasteiger charge is -2.13. The Morgan fingerprint density at radius 3 is 2.78 bits per heavy atom. The predicted molar refractivity (Wildman–Crippen MR) is 110 cm³/mol. The molecular weight excluding hydrogens is 357 g/mol. The lowest BCUT2D eigenvalue weighted by Crippen LogP contribution is -2.14. The third-order valence-electron chi connectivity index (χ3n) is 5.24. The Morgan fingerprint density at radius 2 is 2.00 bits per heavy atom. The highest BCUT2D eigenvalue weighted by Crippen LogP contribution is 2.41. The number of thiophene rings is 1. The molecule has 0 bridgehead atoms. The van der Waals surface area contributed by atoms with Crippen LogP contribution in [0.15, 0.2) is 42.5 Å². The summed E-state index contributed by atoms with van der Waals surface area (Å²) in [7, 11) is 0. The standard InChI is InChI=1S/C23H22FNOS/c1-3-15-13-16(22-14(2)27-21-10-6-8-18(21)22)11-12-20(15)25-23(26)17-7-4-5-9-19(17)24/h4-5,7,9,11-13H,3,6,8,10H2,1-2H3,(H,25,26). The Morgan fingerprint density at radius 1 is 1.19 bits per heavy atom. The number of carbonyl (C=O) groups excluding carboxylic acids is 1. The molecule has 4 heteroatoms. The van der Waals surface area contributed by atoms with Crippen LogP contribution >= 0.6 is 11.3 Å². The van der Waals surface area contributed by atoms with Gasteiger partial charge in [0.05, 0.1) is 5.56 Å². The summed E-state index contributed by atoms with van der Waals surface area (Å²) >= 11 is 1.91. The van der Waals surface area contributed by atoms with Gasteiger partial charge in [0.1, 0.15) is 5.82 Å². The largest absolute Gasteiger partial charge is 0.322 e. The molecule has 4 rings (SSSR count). The maximum atomic E-state index is 13.9. The molecule has 0 fully saturated rings. The average Bonchev–Trinajstić information content (AvgIpc) is 3.22. The molecule has 0 saturated heterocycles. The van der Waals surface area contributed by atoms with Gasteiger partial charge in [-0.2, -0.15) is 0 Å². The SMILES string of the molecule is CCc1cc(-c2c(C)sc3c2CCC3)ccc1NC(=O)c1ccccc1F. The van der Waals surface area contributed by atoms with E-state index in [2.05, 4.69) is 31.3 Å². The molecule has 0 atom stereocenters. The highest BCUT2D eigenvalue weighted by molar-refractivity contribution is 7.12. The first-order chi connectivity index (χ1) is 13.1. The first-order valence-corrected chi connectivity index (χ1v) is 10.2. The number of anilines is 1. The van der Waals surface area contributed by atoms with Gasteiger partial charge < -0.3 is 5.32 Å². The fourth-order valence-corrected chi connectivity index (χ4v) is 5.20. The molecule has 2 aromatic carbocycles. The summed E-state index contributed by atoms with van der Waals surface area (Å²) in [5.74, 6) is -0.919. The molecule has 138 valence electrons. The molecule has 0 spiro atoms. The van der Waals surface area contributed by atoms with Crippen molar-refractivity contribution in [3.05, 3.63) is 74.7 Å². The Bertz CT molecular complexity index is 1020. The number of aryl methyl sites for hydroxylation is 3. The average molecular weight is 380 g/mol. The van der Waals surface area contributed by atoms with Crippen LogP contribution in [0.25, 0.3) is 11.1 Å². The number of rotatable bonds is 4. The summed E-state index contributed by atoms with van der Waals surface area (Å²) in [6.07, 6.45) is 4.39. The first kappa shape index (κ1) is 17.9. The van der Waals surface area contributed by atoms with E-state index in [1.807, 2.05) is 17.4 Å². The zero-order valence-electron chi connectivity index (χ0n) is 15.6. The Kier molecular flexibility index (Phi) is 4.83. The van der Waals surface area contributed by atoms with Crippen molar-refractivity contribution in [2.24, 2.45) is 0 Å². The molecule has 3 aromatic rings. The van der Waals surface area contributed by atoms with E-state index in [1.54, 1.807) is 12.1 Å². The summed E-state index contributed by atoms with van der Waals surface area (Å²) < 4.78 is 13.9. The minimum Gasteiger partial charge on any atom is -0.322 e. The van der Waals surface area contributed by atoms with E-state index >= 15 is 0 Å². The minimum atomic E-state index is -0.505. The summed E-state index contributed by atoms with van der Waals surface area (Å²) in [5.41, 5.74) is 5.97. The van der Waals surface area contributed by atoms with Gasteiger partial charge in [-0.1, -0.05) is 25.1 Å². The van der Waals surface area contributed by atoms with E-state index in [0.717, 1.165) is 24.1 Å². The highest BCUT2D eigenvalue weighted by atomic mass is 32.1. The van der Waals surface area contributed by atoms with Crippen molar-refractivity contribution in [1.29, 1.82) is 0 Å². The van der Waals surface area contributed by atoms with Crippen LogP contribution in [0.5, 0.6) is 0 Å². The highest BCUT2D eigenvalue weighted by Gasteiger charge is 2.22. The zero-order valence-corrected chi connectivity index (χ0v) is 16.4. The van der Waals surface area contributed by atoms with Gasteiger partial charge in [0.2, 0.25) is 0 Å². The second-order valence-corrected chi connectivity index (χ2v) is 8.26. The second kappa shape index (κ2) is 7.28. The number of hydrogen-bond acceptors (Lipinski definition) is 2. The topological polar surface area (TPSA) is 29.1 Å². The van der Waals surface area contributed by atoms with Crippen LogP contribution in [0.2, 0.25) is 0 Å². The number of benzene rings is 2. The van der Waals surface area contributed by atoms with Gasteiger partial charge in [-0.25, -0.2) is 4.39 Å². The van der Waals surface area contributed by atoms with E-state index in [4.69, 9.17) is 0 Å². The minimum absolute atomic E-state index is 0.0649. The lowest BCUT2D eigenvalue weighted by molar-refractivity contribution is 0.102. The molecule has 1 N–H and O–H groups in total. The van der Waals surface area contributed by atoms with E-state index in [0.29, 0.717) is 0 Å². The molecule has 0 radical (unpaired) electrons. The maximum absolute atomic E-state index is 13.9. The number of halogens is 1. The molecule has 1 heterocycles. The lowest BCUT2D eigenvalue weighted by atomic mass is 9.97. The van der Waals surface area contributed by atoms with Crippen LogP contribution in [0.4, 0.5) is 10.1 Å². The molecular formula is C23H22FNOS. The van der Waals surface area contributed by atoms with Crippen molar-refractivity contribution in [3.63, 3.8) is 0 Å². The second-order valence-electron chi connectivity index (χ2n) is 6.95. The van der Waals surface area contributed by atoms with Gasteiger partial charge in [-0.15, -0.1) is 11.3 Å². The quantitative estimate of drug-likeness (QED) is 0.577. The van der Waals surface area contributed by atoms with Gasteiger partial charge >= 0.3 is 0 Å². The number of hydrogen-bond donors (Lipinski definition) is 1. The van der Waals surface area contributed by atoms with Gasteiger partial charge in [0, 0.05) is 15.4 Å². The molecule has 1 aromatic heterocycles. The normalized spacial score (nSPS) is 12.9. The number of fused-ring (bicyclic) bond motifs is 1. The molecule has 0 unspecified atom stereocenters. The predicted octanol–water partition coefficient (Wildman–Crippen LogP) is 6.17. The van der Waals surface area contributed by atoms with Gasteiger partial charge in [0.25, 0.3) is 5.91 Å². The monoisotopic (exact) mass is 379 g/mol. The number of carbonyl (C=O) groups is 1. The fourth-order valence-electron chi connectivity index (χ4n) is 3.92. The number of nitrogens with one attached hydrogen (secondary N) is 1. The summed E-state index contributed by atoms with van der Waals surface area (Å²) in [5, 5.41) is 2.88. The van der Waals surface area contributed by atoms with Crippen molar-refractivity contribution < 1.29 is 9.18 Å². The van der Waals surface area contributed by atoms with Crippen molar-refractivity contribution in [2.45, 2.75) is 39.5 Å². The van der Waals surface area contributed by atoms with Crippen LogP contribution in [0.3, 0.4) is 0 Å². The number of amides is 1. The van der Waals surface area contributed by atoms with Crippen LogP contribution < -0.4 is 5.32 Å². The van der Waals surface area contributed by atoms with Crippen LogP contribution in [-0.2, 0) is 19.3 Å². The smallest absolute Gasteiger partial charge is 0.258 e. The van der Waals surface area contributed by atoms with Gasteiger partial charge in [-0.3, -0.25) is 4.79 Å². The zero-order chi connectivity index (χ0) is 19.0. The van der Waals surface area contributed by atoms with Crippen molar-refractivity contribution in [3.8, 4) is 11.1 Å². The molecule has 0 saturated carbocycles. The van der Waals surface area contributed by atoms with Crippen LogP contribution in [0, 0.1) is 12.7 Å². The molecule has 1 aliphatic carbocycles. The Balaban J connectivity index is 1.67. The first-order valence-electron chi connectivity index (χ1n) is 9.38. The molecule has 27 heavy (non-hydrogen) atoms. The third-order valence-corrected chi connectivity index (χ3v) is 6.45. The van der Waals surface area contributed by atoms with Crippen molar-refractivity contribution in [1.82, 2.24) is 0 Å². The summed E-state index contributed by atoms with van der Waals surface area (Å²) in [6, 6.07) is 12.3. The van der Waals surface area contributed by atoms with E-state index < -0.39 is 11.7 Å². The summed E-state index contributed by atoms with van der Waals surface area (Å²) in [4.78, 5) is 15.4. The van der Waals surface area contributed by atoms with Crippen LogP contribution in [0.1, 0.15) is 44.6 Å². The Labute approximate surface area is 163 Å². The van der Waals surface area contributed by atoms with Crippen LogP contribution in [-0.4, -0.2) is 5.91 Å². The molecule has 1 aliphatic rings. The van der Waals surface area contributed by atoms with Gasteiger partial charge in [-0.05, 0) is 79.1 Å². The van der Waals surface area contributed by atoms with E-state index in [-0.39, 0.29) is 5.56 Å². The van der Waals surface area contributed by atoms with E-state index in [1.165, 1.54) is 51.4 Å². The third kappa shape index (κ3) is 3.30. The maximum Gasteiger partial charge on any atom is 0.258 e.